The largest absolute Gasteiger partial charge is 0.0629 e. The molecule has 0 aliphatic heterocycles. The van der Waals surface area contributed by atoms with E-state index in [0.29, 0.717) is 16.7 Å². The molecule has 9 aromatic carbocycles. The molecule has 9 aromatic rings. The summed E-state index contributed by atoms with van der Waals surface area (Å²) in [7, 11) is 0. The second-order valence-electron chi connectivity index (χ2n) is 11.0. The summed E-state index contributed by atoms with van der Waals surface area (Å²) in [6.07, 6.45) is 0. The predicted molar refractivity (Wildman–Crippen MR) is 182 cm³/mol. The number of hydrogen-bond donors (Lipinski definition) is 0. The molecule has 0 unspecified atom stereocenters. The first-order valence-corrected chi connectivity index (χ1v) is 14.3. The molecule has 0 atom stereocenters. The monoisotopic (exact) mass is 534 g/mol. The molecule has 0 amide bonds. The Bertz CT molecular complexity index is 2710. The van der Waals surface area contributed by atoms with Crippen molar-refractivity contribution in [2.24, 2.45) is 0 Å². The Balaban J connectivity index is 1.38. The van der Waals surface area contributed by atoms with Gasteiger partial charge in [-0.3, -0.25) is 0 Å². The van der Waals surface area contributed by atoms with Gasteiger partial charge >= 0.3 is 0 Å². The van der Waals surface area contributed by atoms with Crippen molar-refractivity contribution in [3.05, 3.63) is 158 Å². The zero-order chi connectivity index (χ0) is 31.1. The number of fused-ring (bicyclic) bond motifs is 8. The van der Waals surface area contributed by atoms with Crippen molar-refractivity contribution < 1.29 is 5.48 Å². The zero-order valence-corrected chi connectivity index (χ0v) is 22.7. The van der Waals surface area contributed by atoms with Crippen LogP contribution in [0, 0.1) is 0 Å². The van der Waals surface area contributed by atoms with Gasteiger partial charge in [0.15, 0.2) is 0 Å². The Labute approximate surface area is 249 Å². The van der Waals surface area contributed by atoms with Crippen LogP contribution in [0.4, 0.5) is 0 Å². The van der Waals surface area contributed by atoms with Crippen LogP contribution >= 0.6 is 0 Å². The molecule has 0 saturated heterocycles. The topological polar surface area (TPSA) is 0 Å². The first-order valence-electron chi connectivity index (χ1n) is 16.3. The highest BCUT2D eigenvalue weighted by molar-refractivity contribution is 6.20. The minimum atomic E-state index is -0.0387. The van der Waals surface area contributed by atoms with E-state index >= 15 is 0 Å². The summed E-state index contributed by atoms with van der Waals surface area (Å²) in [5.41, 5.74) is 2.08. The van der Waals surface area contributed by atoms with Crippen LogP contribution < -0.4 is 0 Å². The molecule has 0 spiro atoms. The summed E-state index contributed by atoms with van der Waals surface area (Å²) in [5, 5.41) is 12.3. The summed E-state index contributed by atoms with van der Waals surface area (Å²) < 4.78 is 37.8. The van der Waals surface area contributed by atoms with Crippen LogP contribution in [0.1, 0.15) is 5.48 Å². The lowest BCUT2D eigenvalue weighted by molar-refractivity contribution is 1.64. The summed E-state index contributed by atoms with van der Waals surface area (Å²) in [6.45, 7) is 0. The van der Waals surface area contributed by atoms with Gasteiger partial charge in [0.05, 0.1) is 5.48 Å². The molecule has 0 radical (unpaired) electrons. The number of hydrogen-bond acceptors (Lipinski definition) is 0. The Hall–Kier alpha value is -5.46. The molecule has 0 fully saturated rings. The SMILES string of the molecule is [2H]c1c([2H])c(-c2cccc3ccc4cc5ccccc5cc4c23)c([2H])c([2H])c1-c1c2ccccc2cc2c1ccc1ccccc12. The predicted octanol–water partition coefficient (Wildman–Crippen LogP) is 11.9. The van der Waals surface area contributed by atoms with E-state index in [1.54, 1.807) is 0 Å². The third kappa shape index (κ3) is 3.49. The molecule has 0 aliphatic carbocycles. The average molecular weight is 535 g/mol. The molecule has 0 heteroatoms. The van der Waals surface area contributed by atoms with E-state index in [0.717, 1.165) is 70.2 Å². The van der Waals surface area contributed by atoms with Gasteiger partial charge in [-0.2, -0.15) is 0 Å². The van der Waals surface area contributed by atoms with Gasteiger partial charge in [0.25, 0.3) is 0 Å². The Morgan fingerprint density at radius 1 is 0.333 bits per heavy atom. The molecular formula is C42H26. The quantitative estimate of drug-likeness (QED) is 0.153. The summed E-state index contributed by atoms with van der Waals surface area (Å²) in [5.74, 6) is 0. The standard InChI is InChI=1S/C42H26/c1-2-10-32-25-39-34(24-31(32)9-1)21-20-29-12-7-15-36(42(29)39)28-16-18-30(19-17-28)41-37-14-6-4-11-33(37)26-40-35-13-5-3-8-27(35)22-23-38(40)41/h1-26H/i16D,17D,18D,19D. The van der Waals surface area contributed by atoms with E-state index in [9.17, 15) is 5.48 Å². The van der Waals surface area contributed by atoms with E-state index in [1.165, 1.54) is 0 Å². The summed E-state index contributed by atoms with van der Waals surface area (Å²) in [4.78, 5) is 0. The van der Waals surface area contributed by atoms with Gasteiger partial charge in [-0.1, -0.05) is 139 Å². The fraction of sp³-hybridized carbons (Fsp3) is 0. The molecular weight excluding hydrogens is 504 g/mol. The fourth-order valence-electron chi connectivity index (χ4n) is 6.67. The lowest BCUT2D eigenvalue weighted by Crippen LogP contribution is -1.88. The van der Waals surface area contributed by atoms with Crippen molar-refractivity contribution in [2.75, 3.05) is 0 Å². The van der Waals surface area contributed by atoms with Crippen LogP contribution in [0.25, 0.3) is 86.9 Å². The Morgan fingerprint density at radius 2 is 0.905 bits per heavy atom. The van der Waals surface area contributed by atoms with Crippen molar-refractivity contribution in [1.82, 2.24) is 0 Å². The molecule has 0 aliphatic rings. The van der Waals surface area contributed by atoms with Gasteiger partial charge in [-0.25, -0.2) is 0 Å². The van der Waals surface area contributed by atoms with Gasteiger partial charge in [0, 0.05) is 0 Å². The molecule has 0 N–H and O–H groups in total. The van der Waals surface area contributed by atoms with Crippen LogP contribution in [0.15, 0.2) is 158 Å². The lowest BCUT2D eigenvalue weighted by Gasteiger charge is -2.15. The molecule has 0 heterocycles. The highest BCUT2D eigenvalue weighted by Gasteiger charge is 2.14. The Morgan fingerprint density at radius 3 is 1.74 bits per heavy atom. The minimum Gasteiger partial charge on any atom is -0.0616 e. The van der Waals surface area contributed by atoms with E-state index in [1.807, 2.05) is 60.7 Å². The van der Waals surface area contributed by atoms with Gasteiger partial charge in [-0.15, -0.1) is 0 Å². The molecule has 0 nitrogen and oxygen atoms in total. The first-order chi connectivity index (χ1) is 22.5. The van der Waals surface area contributed by atoms with Gasteiger partial charge < -0.3 is 0 Å². The summed E-state index contributed by atoms with van der Waals surface area (Å²) in [6, 6.07) is 45.1. The number of rotatable bonds is 2. The van der Waals surface area contributed by atoms with Crippen LogP contribution in [-0.4, -0.2) is 0 Å². The van der Waals surface area contributed by atoms with E-state index in [4.69, 9.17) is 0 Å². The van der Waals surface area contributed by atoms with Gasteiger partial charge in [0.2, 0.25) is 0 Å². The third-order valence-electron chi connectivity index (χ3n) is 8.64. The second kappa shape index (κ2) is 9.03. The van der Waals surface area contributed by atoms with Crippen molar-refractivity contribution in [3.8, 4) is 22.3 Å². The van der Waals surface area contributed by atoms with E-state index < -0.39 is 0 Å². The van der Waals surface area contributed by atoms with Crippen LogP contribution in [-0.2, 0) is 0 Å². The van der Waals surface area contributed by atoms with Crippen LogP contribution in [0.2, 0.25) is 0 Å². The zero-order valence-electron chi connectivity index (χ0n) is 26.7. The van der Waals surface area contributed by atoms with Crippen molar-refractivity contribution in [2.45, 2.75) is 0 Å². The molecule has 0 aromatic heterocycles. The minimum absolute atomic E-state index is 0.0375. The van der Waals surface area contributed by atoms with Crippen molar-refractivity contribution >= 4 is 64.6 Å². The van der Waals surface area contributed by atoms with Crippen molar-refractivity contribution in [1.29, 1.82) is 0 Å². The smallest absolute Gasteiger partial charge is 0.0616 e. The van der Waals surface area contributed by atoms with Gasteiger partial charge in [-0.05, 0) is 105 Å². The molecule has 42 heavy (non-hydrogen) atoms. The average Bonchev–Trinajstić information content (AvgIpc) is 3.09. The van der Waals surface area contributed by atoms with Gasteiger partial charge in [0.1, 0.15) is 0 Å². The second-order valence-corrected chi connectivity index (χ2v) is 11.0. The van der Waals surface area contributed by atoms with E-state index in [2.05, 4.69) is 72.8 Å². The van der Waals surface area contributed by atoms with Crippen LogP contribution in [0.5, 0.6) is 0 Å². The molecule has 194 valence electrons. The molecule has 9 rings (SSSR count). The first kappa shape index (κ1) is 19.6. The fourth-order valence-corrected chi connectivity index (χ4v) is 6.67. The lowest BCUT2D eigenvalue weighted by atomic mass is 9.88. The van der Waals surface area contributed by atoms with Crippen molar-refractivity contribution in [3.63, 3.8) is 0 Å². The highest BCUT2D eigenvalue weighted by atomic mass is 14.2. The molecule has 0 bridgehead atoms. The third-order valence-corrected chi connectivity index (χ3v) is 8.64. The summed E-state index contributed by atoms with van der Waals surface area (Å²) >= 11 is 0. The maximum Gasteiger partial charge on any atom is 0.0629 e. The number of benzene rings is 9. The maximum absolute atomic E-state index is 9.46. The Kier molecular flexibility index (Phi) is 4.21. The maximum atomic E-state index is 9.46. The molecule has 0 saturated carbocycles. The highest BCUT2D eigenvalue weighted by Crippen LogP contribution is 2.41. The van der Waals surface area contributed by atoms with E-state index in [-0.39, 0.29) is 24.2 Å². The van der Waals surface area contributed by atoms with Crippen LogP contribution in [0.3, 0.4) is 0 Å². The normalized spacial score (nSPS) is 13.1.